The Morgan fingerprint density at radius 2 is 2.28 bits per heavy atom. The molecule has 2 aromatic rings. The first kappa shape index (κ1) is 12.7. The molecule has 0 saturated heterocycles. The Labute approximate surface area is 107 Å². The summed E-state index contributed by atoms with van der Waals surface area (Å²) in [6, 6.07) is 3.02. The number of aromatic carboxylic acids is 1. The van der Waals surface area contributed by atoms with Crippen LogP contribution in [0.25, 0.3) is 0 Å². The number of nitrogens with zero attached hydrogens (tertiary/aromatic N) is 2. The van der Waals surface area contributed by atoms with Gasteiger partial charge in [-0.3, -0.25) is 0 Å². The van der Waals surface area contributed by atoms with Gasteiger partial charge in [-0.1, -0.05) is 30.8 Å². The van der Waals surface area contributed by atoms with Crippen molar-refractivity contribution in [3.8, 4) is 0 Å². The quantitative estimate of drug-likeness (QED) is 0.834. The third-order valence-electron chi connectivity index (χ3n) is 2.13. The molecular weight excluding hydrogens is 256 g/mol. The molecule has 7 heteroatoms. The molecule has 6 nitrogen and oxygen atoms in total. The van der Waals surface area contributed by atoms with Crippen molar-refractivity contribution in [2.45, 2.75) is 30.6 Å². The van der Waals surface area contributed by atoms with Gasteiger partial charge in [-0.25, -0.2) is 4.79 Å². The van der Waals surface area contributed by atoms with Gasteiger partial charge in [0.15, 0.2) is 10.9 Å². The van der Waals surface area contributed by atoms with Crippen molar-refractivity contribution in [3.05, 3.63) is 29.6 Å². The van der Waals surface area contributed by atoms with Crippen LogP contribution in [0, 0.1) is 0 Å². The molecule has 0 aliphatic carbocycles. The van der Waals surface area contributed by atoms with Gasteiger partial charge in [-0.05, 0) is 12.1 Å². The zero-order chi connectivity index (χ0) is 13.1. The number of hydrogen-bond acceptors (Lipinski definition) is 6. The van der Waals surface area contributed by atoms with Crippen molar-refractivity contribution < 1.29 is 18.8 Å². The number of rotatable bonds is 5. The standard InChI is InChI=1S/C11H12N2O4S/c1-6(2)10-12-8(17-13-10)5-18-9-4-3-7(16-9)11(14)15/h3-4,6H,5H2,1-2H3,(H,14,15). The molecule has 0 aliphatic heterocycles. The van der Waals surface area contributed by atoms with Crippen LogP contribution < -0.4 is 0 Å². The lowest BCUT2D eigenvalue weighted by atomic mass is 10.2. The predicted octanol–water partition coefficient (Wildman–Crippen LogP) is 2.78. The van der Waals surface area contributed by atoms with Crippen LogP contribution in [0.1, 0.15) is 42.0 Å². The minimum absolute atomic E-state index is 0.0779. The van der Waals surface area contributed by atoms with Crippen LogP contribution in [0.4, 0.5) is 0 Å². The molecule has 0 spiro atoms. The van der Waals surface area contributed by atoms with E-state index < -0.39 is 5.97 Å². The van der Waals surface area contributed by atoms with Crippen molar-refractivity contribution in [2.24, 2.45) is 0 Å². The number of carboxylic acid groups (broad SMARTS) is 1. The normalized spacial score (nSPS) is 11.1. The van der Waals surface area contributed by atoms with Crippen LogP contribution >= 0.6 is 11.8 Å². The zero-order valence-corrected chi connectivity index (χ0v) is 10.7. The van der Waals surface area contributed by atoms with Gasteiger partial charge in [-0.15, -0.1) is 0 Å². The maximum atomic E-state index is 10.6. The summed E-state index contributed by atoms with van der Waals surface area (Å²) in [5.74, 6) is 0.669. The number of carbonyl (C=O) groups is 1. The first-order valence-corrected chi connectivity index (χ1v) is 6.33. The van der Waals surface area contributed by atoms with Crippen molar-refractivity contribution >= 4 is 17.7 Å². The van der Waals surface area contributed by atoms with Gasteiger partial charge < -0.3 is 14.0 Å². The number of furan rings is 1. The summed E-state index contributed by atoms with van der Waals surface area (Å²) >= 11 is 1.31. The summed E-state index contributed by atoms with van der Waals surface area (Å²) in [6.07, 6.45) is 0. The van der Waals surface area contributed by atoms with E-state index in [1.54, 1.807) is 6.07 Å². The van der Waals surface area contributed by atoms with Gasteiger partial charge >= 0.3 is 5.97 Å². The van der Waals surface area contributed by atoms with Gasteiger partial charge in [0.05, 0.1) is 5.75 Å². The van der Waals surface area contributed by atoms with Crippen LogP contribution in [0.5, 0.6) is 0 Å². The summed E-state index contributed by atoms with van der Waals surface area (Å²) in [5, 5.41) is 13.1. The minimum atomic E-state index is -1.08. The Kier molecular flexibility index (Phi) is 3.71. The highest BCUT2D eigenvalue weighted by Crippen LogP contribution is 2.24. The summed E-state index contributed by atoms with van der Waals surface area (Å²) in [5.41, 5.74) is 0. The lowest BCUT2D eigenvalue weighted by Crippen LogP contribution is -1.91. The Bertz CT molecular complexity index is 547. The van der Waals surface area contributed by atoms with Crippen LogP contribution in [0.15, 0.2) is 26.2 Å². The summed E-state index contributed by atoms with van der Waals surface area (Å²) in [4.78, 5) is 14.8. The Morgan fingerprint density at radius 3 is 2.83 bits per heavy atom. The SMILES string of the molecule is CC(C)c1noc(CSc2ccc(C(=O)O)o2)n1. The molecule has 0 atom stereocenters. The summed E-state index contributed by atoms with van der Waals surface area (Å²) < 4.78 is 10.2. The molecule has 0 unspecified atom stereocenters. The van der Waals surface area contributed by atoms with Crippen LogP contribution in [-0.4, -0.2) is 21.2 Å². The van der Waals surface area contributed by atoms with Crippen LogP contribution in [-0.2, 0) is 5.75 Å². The van der Waals surface area contributed by atoms with E-state index in [0.29, 0.717) is 22.6 Å². The maximum absolute atomic E-state index is 10.6. The van der Waals surface area contributed by atoms with E-state index in [2.05, 4.69) is 10.1 Å². The van der Waals surface area contributed by atoms with E-state index in [0.717, 1.165) is 0 Å². The molecule has 0 aliphatic rings. The average molecular weight is 268 g/mol. The molecule has 2 heterocycles. The topological polar surface area (TPSA) is 89.4 Å². The Hall–Kier alpha value is -1.76. The zero-order valence-electron chi connectivity index (χ0n) is 9.91. The highest BCUT2D eigenvalue weighted by atomic mass is 32.2. The molecule has 2 rings (SSSR count). The molecule has 0 amide bonds. The van der Waals surface area contributed by atoms with Crippen LogP contribution in [0.2, 0.25) is 0 Å². The minimum Gasteiger partial charge on any atom is -0.475 e. The Morgan fingerprint density at radius 1 is 1.50 bits per heavy atom. The van der Waals surface area contributed by atoms with Gasteiger partial charge in [-0.2, -0.15) is 4.98 Å². The molecule has 2 aromatic heterocycles. The molecule has 96 valence electrons. The van der Waals surface area contributed by atoms with E-state index in [1.807, 2.05) is 13.8 Å². The van der Waals surface area contributed by atoms with Gasteiger partial charge in [0, 0.05) is 5.92 Å². The summed E-state index contributed by atoms with van der Waals surface area (Å²) in [7, 11) is 0. The molecule has 0 aromatic carbocycles. The van der Waals surface area contributed by atoms with Gasteiger partial charge in [0.25, 0.3) is 0 Å². The smallest absolute Gasteiger partial charge is 0.371 e. The third-order valence-corrected chi connectivity index (χ3v) is 3.03. The van der Waals surface area contributed by atoms with Crippen molar-refractivity contribution in [3.63, 3.8) is 0 Å². The van der Waals surface area contributed by atoms with E-state index in [-0.39, 0.29) is 11.7 Å². The lowest BCUT2D eigenvalue weighted by molar-refractivity contribution is 0.0656. The van der Waals surface area contributed by atoms with Crippen molar-refractivity contribution in [1.82, 2.24) is 10.1 Å². The third kappa shape index (κ3) is 2.92. The monoisotopic (exact) mass is 268 g/mol. The predicted molar refractivity (Wildman–Crippen MR) is 63.6 cm³/mol. The number of thioether (sulfide) groups is 1. The second kappa shape index (κ2) is 5.26. The Balaban J connectivity index is 1.95. The van der Waals surface area contributed by atoms with Gasteiger partial charge in [0.2, 0.25) is 11.7 Å². The largest absolute Gasteiger partial charge is 0.475 e. The number of carboxylic acids is 1. The molecule has 18 heavy (non-hydrogen) atoms. The van der Waals surface area contributed by atoms with E-state index in [4.69, 9.17) is 14.0 Å². The van der Waals surface area contributed by atoms with E-state index in [9.17, 15) is 4.79 Å². The fourth-order valence-corrected chi connectivity index (χ4v) is 1.90. The molecule has 0 fully saturated rings. The fraction of sp³-hybridized carbons (Fsp3) is 0.364. The van der Waals surface area contributed by atoms with E-state index >= 15 is 0 Å². The molecular formula is C11H12N2O4S. The van der Waals surface area contributed by atoms with Crippen molar-refractivity contribution in [1.29, 1.82) is 0 Å². The summed E-state index contributed by atoms with van der Waals surface area (Å²) in [6.45, 7) is 3.96. The first-order valence-electron chi connectivity index (χ1n) is 5.34. The number of hydrogen-bond donors (Lipinski definition) is 1. The van der Waals surface area contributed by atoms with E-state index in [1.165, 1.54) is 17.8 Å². The average Bonchev–Trinajstić information content (AvgIpc) is 2.95. The molecule has 0 saturated carbocycles. The number of aromatic nitrogens is 2. The first-order chi connectivity index (χ1) is 8.56. The van der Waals surface area contributed by atoms with Crippen molar-refractivity contribution in [2.75, 3.05) is 0 Å². The molecule has 0 radical (unpaired) electrons. The van der Waals surface area contributed by atoms with Gasteiger partial charge in [0.1, 0.15) is 0 Å². The van der Waals surface area contributed by atoms with Crippen LogP contribution in [0.3, 0.4) is 0 Å². The molecule has 1 N–H and O–H groups in total. The highest BCUT2D eigenvalue weighted by Gasteiger charge is 2.12. The maximum Gasteiger partial charge on any atom is 0.371 e. The highest BCUT2D eigenvalue weighted by molar-refractivity contribution is 7.98. The second-order valence-corrected chi connectivity index (χ2v) is 4.89. The molecule has 0 bridgehead atoms. The fourth-order valence-electron chi connectivity index (χ4n) is 1.21. The second-order valence-electron chi connectivity index (χ2n) is 3.91. The lowest BCUT2D eigenvalue weighted by Gasteiger charge is -1.93.